The molecule has 0 radical (unpaired) electrons. The Morgan fingerprint density at radius 1 is 1.58 bits per heavy atom. The largest absolute Gasteiger partial charge is 0.358 e. The van der Waals surface area contributed by atoms with Crippen molar-refractivity contribution in [3.63, 3.8) is 0 Å². The highest BCUT2D eigenvalue weighted by molar-refractivity contribution is 7.09. The molecule has 68 valence electrons. The van der Waals surface area contributed by atoms with Crippen molar-refractivity contribution < 1.29 is 0 Å². The molecular weight excluding hydrogens is 170 g/mol. The number of rotatable bonds is 5. The number of hydrogen-bond acceptors (Lipinski definition) is 4. The lowest BCUT2D eigenvalue weighted by Crippen LogP contribution is -2.17. The first-order chi connectivity index (χ1) is 5.86. The van der Waals surface area contributed by atoms with Crippen LogP contribution in [0.25, 0.3) is 0 Å². The highest BCUT2D eigenvalue weighted by atomic mass is 32.1. The monoisotopic (exact) mass is 185 g/mol. The molecule has 0 bridgehead atoms. The molecule has 1 heterocycles. The van der Waals surface area contributed by atoms with Gasteiger partial charge in [-0.3, -0.25) is 0 Å². The second kappa shape index (κ2) is 5.09. The summed E-state index contributed by atoms with van der Waals surface area (Å²) in [5.74, 6) is 0. The Bertz CT molecular complexity index is 198. The number of aromatic nitrogens is 2. The summed E-state index contributed by atoms with van der Waals surface area (Å²) in [5, 5.41) is 4.29. The van der Waals surface area contributed by atoms with Crippen LogP contribution in [-0.2, 0) is 0 Å². The molecule has 0 aliphatic carbocycles. The van der Waals surface area contributed by atoms with Crippen molar-refractivity contribution in [1.29, 1.82) is 0 Å². The summed E-state index contributed by atoms with van der Waals surface area (Å²) < 4.78 is 3.94. The molecule has 0 amide bonds. The van der Waals surface area contributed by atoms with Crippen LogP contribution in [0.3, 0.4) is 0 Å². The van der Waals surface area contributed by atoms with Gasteiger partial charge in [-0.05, 0) is 12.8 Å². The van der Waals surface area contributed by atoms with Crippen LogP contribution in [0.4, 0.5) is 5.13 Å². The van der Waals surface area contributed by atoms with Crippen LogP contribution < -0.4 is 5.32 Å². The molecule has 0 saturated heterocycles. The van der Waals surface area contributed by atoms with E-state index in [1.807, 2.05) is 0 Å². The van der Waals surface area contributed by atoms with Crippen molar-refractivity contribution in [1.82, 2.24) is 9.36 Å². The lowest BCUT2D eigenvalue weighted by molar-refractivity contribution is 0.622. The summed E-state index contributed by atoms with van der Waals surface area (Å²) in [6.07, 6.45) is 5.15. The molecule has 0 spiro atoms. The van der Waals surface area contributed by atoms with Crippen LogP contribution in [0.5, 0.6) is 0 Å². The van der Waals surface area contributed by atoms with E-state index in [9.17, 15) is 0 Å². The summed E-state index contributed by atoms with van der Waals surface area (Å²) in [4.78, 5) is 4.08. The van der Waals surface area contributed by atoms with E-state index < -0.39 is 0 Å². The highest BCUT2D eigenvalue weighted by Crippen LogP contribution is 2.12. The third-order valence-corrected chi connectivity index (χ3v) is 2.41. The molecule has 0 fully saturated rings. The third-order valence-electron chi connectivity index (χ3n) is 1.82. The number of nitrogens with one attached hydrogen (secondary N) is 1. The molecule has 0 saturated carbocycles. The fourth-order valence-electron chi connectivity index (χ4n) is 1.14. The molecule has 1 aromatic heterocycles. The van der Waals surface area contributed by atoms with E-state index in [0.717, 1.165) is 11.6 Å². The summed E-state index contributed by atoms with van der Waals surface area (Å²) in [5.41, 5.74) is 0. The molecule has 1 atom stereocenters. The molecule has 3 nitrogen and oxygen atoms in total. The van der Waals surface area contributed by atoms with Crippen LogP contribution in [0.1, 0.15) is 33.1 Å². The van der Waals surface area contributed by atoms with Crippen LogP contribution in [0, 0.1) is 0 Å². The van der Waals surface area contributed by atoms with Gasteiger partial charge in [-0.2, -0.15) is 4.37 Å². The molecule has 1 rings (SSSR count). The van der Waals surface area contributed by atoms with Crippen LogP contribution in [0.15, 0.2) is 6.33 Å². The minimum Gasteiger partial charge on any atom is -0.358 e. The van der Waals surface area contributed by atoms with Crippen molar-refractivity contribution >= 4 is 16.7 Å². The third kappa shape index (κ3) is 2.77. The minimum atomic E-state index is 0.558. The predicted molar refractivity (Wildman–Crippen MR) is 52.5 cm³/mol. The van der Waals surface area contributed by atoms with Gasteiger partial charge in [-0.1, -0.05) is 20.3 Å². The zero-order valence-corrected chi connectivity index (χ0v) is 8.40. The maximum absolute atomic E-state index is 4.08. The lowest BCUT2D eigenvalue weighted by Gasteiger charge is -2.13. The van der Waals surface area contributed by atoms with Crippen LogP contribution in [0.2, 0.25) is 0 Å². The standard InChI is InChI=1S/C8H15N3S/c1-3-5-7(4-2)11-8-9-6-10-12-8/h6-7H,3-5H2,1-2H3,(H,9,10,11). The summed E-state index contributed by atoms with van der Waals surface area (Å²) in [6.45, 7) is 4.39. The molecule has 0 aromatic carbocycles. The molecule has 0 aliphatic heterocycles. The van der Waals surface area contributed by atoms with Crippen LogP contribution in [-0.4, -0.2) is 15.4 Å². The molecule has 1 N–H and O–H groups in total. The van der Waals surface area contributed by atoms with Crippen molar-refractivity contribution in [2.75, 3.05) is 5.32 Å². The van der Waals surface area contributed by atoms with Crippen LogP contribution >= 0.6 is 11.5 Å². The van der Waals surface area contributed by atoms with Gasteiger partial charge < -0.3 is 5.32 Å². The average molecular weight is 185 g/mol. The molecule has 4 heteroatoms. The Labute approximate surface area is 77.4 Å². The smallest absolute Gasteiger partial charge is 0.202 e. The maximum atomic E-state index is 4.08. The van der Waals surface area contributed by atoms with Gasteiger partial charge in [-0.15, -0.1) is 0 Å². The summed E-state index contributed by atoms with van der Waals surface area (Å²) >= 11 is 1.42. The zero-order chi connectivity index (χ0) is 8.81. The molecule has 12 heavy (non-hydrogen) atoms. The van der Waals surface area contributed by atoms with Gasteiger partial charge in [0.2, 0.25) is 5.13 Å². The Morgan fingerprint density at radius 2 is 2.42 bits per heavy atom. The molecule has 0 aliphatic rings. The number of hydrogen-bond donors (Lipinski definition) is 1. The fourth-order valence-corrected chi connectivity index (χ4v) is 1.65. The van der Waals surface area contributed by atoms with Gasteiger partial charge in [0.1, 0.15) is 6.33 Å². The predicted octanol–water partition coefficient (Wildman–Crippen LogP) is 2.53. The van der Waals surface area contributed by atoms with E-state index in [4.69, 9.17) is 0 Å². The van der Waals surface area contributed by atoms with E-state index in [2.05, 4.69) is 28.5 Å². The van der Waals surface area contributed by atoms with Crippen molar-refractivity contribution in [3.8, 4) is 0 Å². The average Bonchev–Trinajstić information content (AvgIpc) is 2.56. The fraction of sp³-hybridized carbons (Fsp3) is 0.750. The second-order valence-corrected chi connectivity index (χ2v) is 3.56. The molecular formula is C8H15N3S. The Morgan fingerprint density at radius 3 is 2.92 bits per heavy atom. The van der Waals surface area contributed by atoms with Crippen molar-refractivity contribution in [3.05, 3.63) is 6.33 Å². The van der Waals surface area contributed by atoms with Gasteiger partial charge in [0, 0.05) is 17.6 Å². The topological polar surface area (TPSA) is 37.8 Å². The summed E-state index contributed by atoms with van der Waals surface area (Å²) in [7, 11) is 0. The zero-order valence-electron chi connectivity index (χ0n) is 7.58. The van der Waals surface area contributed by atoms with Gasteiger partial charge in [-0.25, -0.2) is 4.98 Å². The normalized spacial score (nSPS) is 12.8. The summed E-state index contributed by atoms with van der Waals surface area (Å²) in [6, 6.07) is 0.558. The maximum Gasteiger partial charge on any atom is 0.202 e. The molecule has 1 aromatic rings. The minimum absolute atomic E-state index is 0.558. The van der Waals surface area contributed by atoms with E-state index in [1.165, 1.54) is 24.4 Å². The van der Waals surface area contributed by atoms with E-state index in [-0.39, 0.29) is 0 Å². The first-order valence-electron chi connectivity index (χ1n) is 4.40. The first kappa shape index (κ1) is 9.45. The quantitative estimate of drug-likeness (QED) is 0.766. The Kier molecular flexibility index (Phi) is 4.00. The van der Waals surface area contributed by atoms with E-state index in [0.29, 0.717) is 6.04 Å². The SMILES string of the molecule is CCCC(CC)Nc1ncns1. The van der Waals surface area contributed by atoms with Gasteiger partial charge in [0.05, 0.1) is 0 Å². The Hall–Kier alpha value is -0.640. The number of anilines is 1. The second-order valence-electron chi connectivity index (χ2n) is 2.78. The van der Waals surface area contributed by atoms with Gasteiger partial charge in [0.15, 0.2) is 0 Å². The van der Waals surface area contributed by atoms with Crippen molar-refractivity contribution in [2.24, 2.45) is 0 Å². The number of nitrogens with zero attached hydrogens (tertiary/aromatic N) is 2. The highest BCUT2D eigenvalue weighted by Gasteiger charge is 2.05. The Balaban J connectivity index is 2.37. The van der Waals surface area contributed by atoms with E-state index in [1.54, 1.807) is 6.33 Å². The lowest BCUT2D eigenvalue weighted by atomic mass is 10.1. The van der Waals surface area contributed by atoms with E-state index >= 15 is 0 Å². The first-order valence-corrected chi connectivity index (χ1v) is 5.17. The van der Waals surface area contributed by atoms with Gasteiger partial charge >= 0.3 is 0 Å². The molecule has 1 unspecified atom stereocenters. The van der Waals surface area contributed by atoms with Crippen molar-refractivity contribution in [2.45, 2.75) is 39.2 Å². The van der Waals surface area contributed by atoms with Gasteiger partial charge in [0.25, 0.3) is 0 Å².